The predicted octanol–water partition coefficient (Wildman–Crippen LogP) is 2.26. The minimum Gasteiger partial charge on any atom is -0.228 e. The van der Waals surface area contributed by atoms with Crippen LogP contribution in [0, 0.1) is 5.92 Å². The molecule has 1 rings (SSSR count). The van der Waals surface area contributed by atoms with Crippen LogP contribution in [-0.4, -0.2) is 14.2 Å². The maximum Gasteiger partial charge on any atom is 0.154 e. The highest BCUT2D eigenvalue weighted by molar-refractivity contribution is 7.90. The van der Waals surface area contributed by atoms with Crippen molar-refractivity contribution in [2.45, 2.75) is 19.6 Å². The first-order valence-electron chi connectivity index (χ1n) is 4.74. The molecule has 0 radical (unpaired) electrons. The predicted molar refractivity (Wildman–Crippen MR) is 58.8 cm³/mol. The Labute approximate surface area is 85.9 Å². The van der Waals surface area contributed by atoms with Crippen molar-refractivity contribution in [3.05, 3.63) is 35.9 Å². The van der Waals surface area contributed by atoms with Crippen molar-refractivity contribution in [2.75, 3.05) is 5.75 Å². The van der Waals surface area contributed by atoms with E-state index in [1.54, 1.807) is 0 Å². The van der Waals surface area contributed by atoms with Crippen LogP contribution in [0.25, 0.3) is 0 Å². The normalized spacial score (nSPS) is 11.9. The van der Waals surface area contributed by atoms with E-state index in [2.05, 4.69) is 0 Å². The summed E-state index contributed by atoms with van der Waals surface area (Å²) in [5.74, 6) is 0.622. The monoisotopic (exact) mass is 212 g/mol. The van der Waals surface area contributed by atoms with Crippen molar-refractivity contribution in [3.8, 4) is 0 Å². The number of hydrogen-bond acceptors (Lipinski definition) is 2. The first-order chi connectivity index (χ1) is 6.49. The molecule has 2 nitrogen and oxygen atoms in total. The van der Waals surface area contributed by atoms with E-state index in [-0.39, 0.29) is 17.4 Å². The maximum atomic E-state index is 11.6. The van der Waals surface area contributed by atoms with Crippen LogP contribution < -0.4 is 0 Å². The topological polar surface area (TPSA) is 34.1 Å². The van der Waals surface area contributed by atoms with Gasteiger partial charge in [0.25, 0.3) is 0 Å². The van der Waals surface area contributed by atoms with Gasteiger partial charge in [-0.3, -0.25) is 0 Å². The van der Waals surface area contributed by atoms with E-state index in [0.717, 1.165) is 5.56 Å². The molecule has 14 heavy (non-hydrogen) atoms. The van der Waals surface area contributed by atoms with Crippen LogP contribution in [0.15, 0.2) is 30.3 Å². The van der Waals surface area contributed by atoms with Crippen LogP contribution >= 0.6 is 0 Å². The maximum absolute atomic E-state index is 11.6. The Morgan fingerprint density at radius 1 is 1.14 bits per heavy atom. The second kappa shape index (κ2) is 4.60. The minimum absolute atomic E-state index is 0.159. The summed E-state index contributed by atoms with van der Waals surface area (Å²) in [5, 5.41) is 0. The highest BCUT2D eigenvalue weighted by Gasteiger charge is 2.13. The second-order valence-corrected chi connectivity index (χ2v) is 6.04. The molecule has 0 fully saturated rings. The molecule has 0 bridgehead atoms. The number of benzene rings is 1. The zero-order valence-corrected chi connectivity index (χ0v) is 9.42. The molecule has 1 aromatic carbocycles. The van der Waals surface area contributed by atoms with Crippen molar-refractivity contribution in [3.63, 3.8) is 0 Å². The molecule has 0 amide bonds. The van der Waals surface area contributed by atoms with E-state index in [4.69, 9.17) is 0 Å². The molecular weight excluding hydrogens is 196 g/mol. The standard InChI is InChI=1S/C11H16O2S/c1-10(2)8-14(12,13)9-11-6-4-3-5-7-11/h3-7,10H,8-9H2,1-2H3. The van der Waals surface area contributed by atoms with Crippen molar-refractivity contribution in [2.24, 2.45) is 5.92 Å². The van der Waals surface area contributed by atoms with Gasteiger partial charge in [-0.05, 0) is 11.5 Å². The minimum atomic E-state index is -2.93. The highest BCUT2D eigenvalue weighted by atomic mass is 32.2. The number of hydrogen-bond donors (Lipinski definition) is 0. The SMILES string of the molecule is CC(C)CS(=O)(=O)Cc1ccccc1. The van der Waals surface area contributed by atoms with Crippen LogP contribution in [0.1, 0.15) is 19.4 Å². The summed E-state index contributed by atoms with van der Waals surface area (Å²) in [4.78, 5) is 0. The van der Waals surface area contributed by atoms with E-state index in [1.165, 1.54) is 0 Å². The molecule has 0 N–H and O–H groups in total. The third-order valence-electron chi connectivity index (χ3n) is 1.82. The average Bonchev–Trinajstić information content (AvgIpc) is 2.02. The summed E-state index contributed by atoms with van der Waals surface area (Å²) in [6.07, 6.45) is 0. The van der Waals surface area contributed by atoms with Gasteiger partial charge >= 0.3 is 0 Å². The fourth-order valence-corrected chi connectivity index (χ4v) is 3.23. The zero-order chi connectivity index (χ0) is 10.6. The van der Waals surface area contributed by atoms with Gasteiger partial charge in [0.1, 0.15) is 0 Å². The second-order valence-electron chi connectivity index (χ2n) is 3.93. The van der Waals surface area contributed by atoms with Gasteiger partial charge < -0.3 is 0 Å². The first kappa shape index (κ1) is 11.2. The molecule has 78 valence electrons. The van der Waals surface area contributed by atoms with Crippen molar-refractivity contribution >= 4 is 9.84 Å². The summed E-state index contributed by atoms with van der Waals surface area (Å²) < 4.78 is 23.2. The summed E-state index contributed by atoms with van der Waals surface area (Å²) >= 11 is 0. The Kier molecular flexibility index (Phi) is 3.69. The van der Waals surface area contributed by atoms with Gasteiger partial charge in [0.05, 0.1) is 11.5 Å². The van der Waals surface area contributed by atoms with Crippen LogP contribution in [0.4, 0.5) is 0 Å². The van der Waals surface area contributed by atoms with Gasteiger partial charge in [0.15, 0.2) is 9.84 Å². The Balaban J connectivity index is 2.70. The van der Waals surface area contributed by atoms with Gasteiger partial charge in [0, 0.05) is 0 Å². The summed E-state index contributed by atoms with van der Waals surface area (Å²) in [6.45, 7) is 3.84. The van der Waals surface area contributed by atoms with Crippen molar-refractivity contribution < 1.29 is 8.42 Å². The molecule has 0 aromatic heterocycles. The van der Waals surface area contributed by atoms with Gasteiger partial charge in [-0.15, -0.1) is 0 Å². The van der Waals surface area contributed by atoms with E-state index in [9.17, 15) is 8.42 Å². The van der Waals surface area contributed by atoms with Crippen LogP contribution in [0.5, 0.6) is 0 Å². The lowest BCUT2D eigenvalue weighted by Crippen LogP contribution is -2.13. The van der Waals surface area contributed by atoms with E-state index >= 15 is 0 Å². The molecule has 1 aromatic rings. The molecule has 0 saturated heterocycles. The lowest BCUT2D eigenvalue weighted by molar-refractivity contribution is 0.581. The molecule has 0 spiro atoms. The highest BCUT2D eigenvalue weighted by Crippen LogP contribution is 2.09. The first-order valence-corrected chi connectivity index (χ1v) is 6.56. The molecule has 0 aliphatic rings. The van der Waals surface area contributed by atoms with Crippen LogP contribution in [0.2, 0.25) is 0 Å². The van der Waals surface area contributed by atoms with E-state index < -0.39 is 9.84 Å². The quantitative estimate of drug-likeness (QED) is 0.767. The lowest BCUT2D eigenvalue weighted by atomic mass is 10.2. The van der Waals surface area contributed by atoms with Crippen LogP contribution in [0.3, 0.4) is 0 Å². The third kappa shape index (κ3) is 3.92. The van der Waals surface area contributed by atoms with E-state index in [0.29, 0.717) is 0 Å². The fourth-order valence-electron chi connectivity index (χ4n) is 1.39. The molecule has 0 aliphatic heterocycles. The summed E-state index contributed by atoms with van der Waals surface area (Å²) in [6, 6.07) is 9.30. The lowest BCUT2D eigenvalue weighted by Gasteiger charge is -2.06. The Morgan fingerprint density at radius 3 is 2.21 bits per heavy atom. The van der Waals surface area contributed by atoms with Crippen molar-refractivity contribution in [1.82, 2.24) is 0 Å². The molecule has 0 aliphatic carbocycles. The number of sulfone groups is 1. The van der Waals surface area contributed by atoms with E-state index in [1.807, 2.05) is 44.2 Å². The van der Waals surface area contributed by atoms with Gasteiger partial charge in [-0.2, -0.15) is 0 Å². The smallest absolute Gasteiger partial charge is 0.154 e. The van der Waals surface area contributed by atoms with Gasteiger partial charge in [0.2, 0.25) is 0 Å². The Bertz CT molecular complexity index is 366. The largest absolute Gasteiger partial charge is 0.228 e. The fraction of sp³-hybridized carbons (Fsp3) is 0.455. The van der Waals surface area contributed by atoms with Gasteiger partial charge in [-0.1, -0.05) is 44.2 Å². The third-order valence-corrected chi connectivity index (χ3v) is 3.76. The molecule has 0 heterocycles. The Morgan fingerprint density at radius 2 is 1.71 bits per heavy atom. The number of rotatable bonds is 4. The van der Waals surface area contributed by atoms with Gasteiger partial charge in [-0.25, -0.2) is 8.42 Å². The summed E-state index contributed by atoms with van der Waals surface area (Å²) in [7, 11) is -2.93. The molecule has 0 atom stereocenters. The summed E-state index contributed by atoms with van der Waals surface area (Å²) in [5.41, 5.74) is 0.869. The molecule has 3 heteroatoms. The molecular formula is C11H16O2S. The van der Waals surface area contributed by atoms with Crippen LogP contribution in [-0.2, 0) is 15.6 Å². The molecule has 0 unspecified atom stereocenters. The Hall–Kier alpha value is -0.830. The molecule has 0 saturated carbocycles. The van der Waals surface area contributed by atoms with Crippen molar-refractivity contribution in [1.29, 1.82) is 0 Å². The average molecular weight is 212 g/mol. The zero-order valence-electron chi connectivity index (χ0n) is 8.60.